The molecule has 322 valence electrons. The molecule has 0 amide bonds. The van der Waals surface area contributed by atoms with Crippen LogP contribution >= 0.6 is 0 Å². The molecule has 8 aromatic carbocycles. The van der Waals surface area contributed by atoms with Gasteiger partial charge in [-0.2, -0.15) is 0 Å². The predicted octanol–water partition coefficient (Wildman–Crippen LogP) is 15.9. The maximum absolute atomic E-state index is 11.4. The topological polar surface area (TPSA) is 64.1 Å². The first-order valence-corrected chi connectivity index (χ1v) is 22.5. The molecule has 12 rings (SSSR count). The van der Waals surface area contributed by atoms with E-state index in [0.717, 1.165) is 120 Å². The minimum Gasteiger partial charge on any atom is -0.507 e. The molecule has 6 heteroatoms. The average Bonchev–Trinajstić information content (AvgIpc) is 3.96. The van der Waals surface area contributed by atoms with Gasteiger partial charge in [-0.05, 0) is 87.7 Å². The number of aromatic hydroxyl groups is 1. The second-order valence-electron chi connectivity index (χ2n) is 17.0. The normalized spacial score (nSPS) is 13.7. The van der Waals surface area contributed by atoms with Crippen molar-refractivity contribution >= 4 is 33.0 Å². The van der Waals surface area contributed by atoms with Crippen LogP contribution in [0, 0.1) is 6.07 Å². The molecular weight excluding hydrogens is 990 g/mol. The fourth-order valence-corrected chi connectivity index (χ4v) is 9.91. The van der Waals surface area contributed by atoms with Gasteiger partial charge in [0.2, 0.25) is 0 Å². The van der Waals surface area contributed by atoms with Crippen LogP contribution in [0.1, 0.15) is 44.9 Å². The quantitative estimate of drug-likeness (QED) is 0.154. The minimum absolute atomic E-state index is 0. The van der Waals surface area contributed by atoms with Gasteiger partial charge < -0.3 is 9.52 Å². The van der Waals surface area contributed by atoms with E-state index in [-0.39, 0.29) is 26.8 Å². The first kappa shape index (κ1) is 40.2. The van der Waals surface area contributed by atoms with Crippen LogP contribution in [0.3, 0.4) is 0 Å². The van der Waals surface area contributed by atoms with Crippen LogP contribution in [0.2, 0.25) is 0 Å². The molecule has 0 bridgehead atoms. The van der Waals surface area contributed by atoms with Crippen LogP contribution < -0.4 is 0 Å². The molecule has 1 fully saturated rings. The zero-order valence-electron chi connectivity index (χ0n) is 37.0. The molecule has 3 aromatic heterocycles. The Morgan fingerprint density at radius 2 is 1.29 bits per heavy atom. The van der Waals surface area contributed by atoms with E-state index < -0.39 is 5.89 Å². The van der Waals surface area contributed by atoms with Gasteiger partial charge >= 0.3 is 0 Å². The van der Waals surface area contributed by atoms with Crippen molar-refractivity contribution < 1.29 is 32.0 Å². The predicted molar refractivity (Wildman–Crippen MR) is 265 cm³/mol. The van der Waals surface area contributed by atoms with Crippen molar-refractivity contribution in [3.05, 3.63) is 206 Å². The van der Waals surface area contributed by atoms with E-state index in [1.54, 1.807) is 6.07 Å². The number of aromatic nitrogens is 3. The van der Waals surface area contributed by atoms with Gasteiger partial charge in [0.05, 0.1) is 27.9 Å². The van der Waals surface area contributed by atoms with Gasteiger partial charge in [0.15, 0.2) is 0 Å². The summed E-state index contributed by atoms with van der Waals surface area (Å²) in [4.78, 5) is 10.5. The molecule has 0 radical (unpaired) electrons. The number of nitrogens with zero attached hydrogens (tertiary/aromatic N) is 3. The van der Waals surface area contributed by atoms with Gasteiger partial charge in [-0.15, -0.1) is 11.6 Å². The molecule has 0 aliphatic heterocycles. The average molecular weight is 1040 g/mol. The third-order valence-corrected chi connectivity index (χ3v) is 13.0. The summed E-state index contributed by atoms with van der Waals surface area (Å²) in [5, 5.41) is 13.3. The van der Waals surface area contributed by atoms with E-state index >= 15 is 0 Å². The molecule has 1 N–H and O–H groups in total. The summed E-state index contributed by atoms with van der Waals surface area (Å²) in [6.07, 6.45) is 6.98. The van der Waals surface area contributed by atoms with E-state index in [1.165, 1.54) is 6.42 Å². The molecule has 1 saturated carbocycles. The number of para-hydroxylation sites is 4. The number of rotatable bonds is 8. The van der Waals surface area contributed by atoms with E-state index in [9.17, 15) is 6.48 Å². The summed E-state index contributed by atoms with van der Waals surface area (Å²) in [5.41, 5.74) is 15.3. The number of phenols is 1. The van der Waals surface area contributed by atoms with Crippen molar-refractivity contribution in [1.29, 1.82) is 0 Å². The molecular formula is C60H44N3O2Pt-. The second-order valence-corrected chi connectivity index (χ2v) is 17.0. The van der Waals surface area contributed by atoms with Crippen molar-refractivity contribution in [1.82, 2.24) is 14.5 Å². The first-order valence-electron chi connectivity index (χ1n) is 23.0. The van der Waals surface area contributed by atoms with E-state index in [4.69, 9.17) is 14.4 Å². The monoisotopic (exact) mass is 1030 g/mol. The SMILES string of the molecule is [2H]C1(c2cccc(-c3cccc4c3oc3cc(-c5cccc6c5nc(-c5ccccc5O)n6-c5ccccc5-c5ccccc5)[c-]c(-c5cc(-c6ccccc6)ccn5)c34)c2)CCCCC1.[Pt]. The third-order valence-electron chi connectivity index (χ3n) is 13.0. The van der Waals surface area contributed by atoms with Gasteiger partial charge in [0.25, 0.3) is 0 Å². The molecule has 1 aliphatic carbocycles. The van der Waals surface area contributed by atoms with Gasteiger partial charge in [-0.25, -0.2) is 4.98 Å². The smallest absolute Gasteiger partial charge is 0.148 e. The van der Waals surface area contributed by atoms with Crippen molar-refractivity contribution in [3.63, 3.8) is 0 Å². The summed E-state index contributed by atoms with van der Waals surface area (Å²) in [7, 11) is 0. The van der Waals surface area contributed by atoms with Crippen molar-refractivity contribution in [2.24, 2.45) is 0 Å². The van der Waals surface area contributed by atoms with Gasteiger partial charge in [0, 0.05) is 45.5 Å². The number of pyridine rings is 1. The fourth-order valence-electron chi connectivity index (χ4n) is 9.91. The number of furan rings is 1. The summed E-state index contributed by atoms with van der Waals surface area (Å²) in [6.45, 7) is 0. The Morgan fingerprint density at radius 3 is 2.11 bits per heavy atom. The van der Waals surface area contributed by atoms with Crippen molar-refractivity contribution in [3.8, 4) is 78.6 Å². The molecule has 3 heterocycles. The van der Waals surface area contributed by atoms with Crippen LogP contribution in [0.4, 0.5) is 0 Å². The molecule has 66 heavy (non-hydrogen) atoms. The maximum atomic E-state index is 11.4. The summed E-state index contributed by atoms with van der Waals surface area (Å²) in [5.74, 6) is 0.183. The second kappa shape index (κ2) is 17.6. The number of benzene rings is 8. The molecule has 0 spiro atoms. The molecule has 5 nitrogen and oxygen atoms in total. The first-order chi connectivity index (χ1) is 32.5. The number of imidazole rings is 1. The Hall–Kier alpha value is -7.33. The molecule has 0 atom stereocenters. The van der Waals surface area contributed by atoms with Crippen LogP contribution in [0.5, 0.6) is 5.75 Å². The van der Waals surface area contributed by atoms with Gasteiger partial charge in [-0.1, -0.05) is 188 Å². The zero-order chi connectivity index (χ0) is 44.2. The summed E-state index contributed by atoms with van der Waals surface area (Å²) < 4.78 is 18.7. The third kappa shape index (κ3) is 7.34. The van der Waals surface area contributed by atoms with Crippen molar-refractivity contribution in [2.75, 3.05) is 0 Å². The van der Waals surface area contributed by atoms with E-state index in [2.05, 4.69) is 150 Å². The summed E-state index contributed by atoms with van der Waals surface area (Å²) >= 11 is 0. The Balaban J connectivity index is 0.00000494. The van der Waals surface area contributed by atoms with Crippen LogP contribution in [0.25, 0.3) is 106 Å². The van der Waals surface area contributed by atoms with Crippen LogP contribution in [-0.4, -0.2) is 19.6 Å². The van der Waals surface area contributed by atoms with Crippen molar-refractivity contribution in [2.45, 2.75) is 38.0 Å². The Bertz CT molecular complexity index is 3610. The number of fused-ring (bicyclic) bond motifs is 4. The summed E-state index contributed by atoms with van der Waals surface area (Å²) in [6, 6.07) is 67.8. The van der Waals surface area contributed by atoms with Crippen LogP contribution in [0.15, 0.2) is 199 Å². The number of hydrogen-bond donors (Lipinski definition) is 1. The van der Waals surface area contributed by atoms with Gasteiger partial charge in [0.1, 0.15) is 17.2 Å². The molecule has 0 unspecified atom stereocenters. The molecule has 1 aliphatic rings. The number of hydrogen-bond acceptors (Lipinski definition) is 4. The Morgan fingerprint density at radius 1 is 0.606 bits per heavy atom. The Kier molecular flexibility index (Phi) is 10.7. The maximum Gasteiger partial charge on any atom is 0.148 e. The standard InChI is InChI=1S/C60H44N3O2.Pt/c64-55-32-13-11-26-49(55)60-62-58-47(27-16-31-54(58)63(60)53-30-12-10-25-46(53)41-21-8-3-9-22-41)45-36-51(52-37-43(33-34-61-52)40-19-6-2-7-20-40)57-50-29-15-28-48(59(50)65-56(57)38-45)44-24-14-23-42(35-44)39-17-4-1-5-18-39;/h2-3,6-16,19-35,37-39,64H,1,4-5,17-18H2;/q-1;/i39D;. The van der Waals surface area contributed by atoms with Crippen LogP contribution in [-0.2, 0) is 21.1 Å². The van der Waals surface area contributed by atoms with E-state index in [1.807, 2.05) is 48.7 Å². The number of phenolic OH excluding ortho intramolecular Hbond substituents is 1. The Labute approximate surface area is 399 Å². The fraction of sp³-hybridized carbons (Fsp3) is 0.100. The molecule has 0 saturated heterocycles. The molecule has 11 aromatic rings. The minimum atomic E-state index is -0.584. The zero-order valence-corrected chi connectivity index (χ0v) is 38.3. The largest absolute Gasteiger partial charge is 0.507 e. The van der Waals surface area contributed by atoms with E-state index in [0.29, 0.717) is 17.0 Å². The van der Waals surface area contributed by atoms with Gasteiger partial charge in [-0.3, -0.25) is 9.55 Å².